The maximum atomic E-state index is 13.0. The van der Waals surface area contributed by atoms with Crippen LogP contribution in [-0.2, 0) is 9.59 Å². The number of hydrogen-bond acceptors (Lipinski definition) is 2. The second-order valence-corrected chi connectivity index (χ2v) is 8.18. The summed E-state index contributed by atoms with van der Waals surface area (Å²) in [4.78, 5) is 27.0. The van der Waals surface area contributed by atoms with Crippen molar-refractivity contribution in [3.8, 4) is 0 Å². The first kappa shape index (κ1) is 16.1. The highest BCUT2D eigenvalue weighted by Crippen LogP contribution is 2.69. The molecule has 1 saturated carbocycles. The van der Waals surface area contributed by atoms with Gasteiger partial charge in [-0.1, -0.05) is 51.3 Å². The molecule has 24 heavy (non-hydrogen) atoms. The number of carbonyl (C=O) groups excluding carboxylic acids is 2. The number of hydrogen-bond donors (Lipinski definition) is 0. The molecular weight excluding hydrogens is 413 g/mol. The minimum Gasteiger partial charge on any atom is -0.274 e. The van der Waals surface area contributed by atoms with E-state index < -0.39 is 5.41 Å². The van der Waals surface area contributed by atoms with Gasteiger partial charge in [-0.2, -0.15) is 0 Å². The van der Waals surface area contributed by atoms with E-state index >= 15 is 0 Å². The highest BCUT2D eigenvalue weighted by molar-refractivity contribution is 9.10. The fourth-order valence-corrected chi connectivity index (χ4v) is 4.56. The van der Waals surface area contributed by atoms with Gasteiger partial charge in [0, 0.05) is 20.4 Å². The molecule has 0 spiro atoms. The average Bonchev–Trinajstić information content (AvgIpc) is 3.08. The molecule has 1 heterocycles. The topological polar surface area (TPSA) is 37.4 Å². The number of fused-ring (bicyclic) bond motifs is 1. The van der Waals surface area contributed by atoms with Crippen LogP contribution < -0.4 is 4.90 Å². The predicted molar refractivity (Wildman–Crippen MR) is 97.4 cm³/mol. The summed E-state index contributed by atoms with van der Waals surface area (Å²) in [6.07, 6.45) is 0. The van der Waals surface area contributed by atoms with Crippen LogP contribution in [0.2, 0.25) is 10.0 Å². The molecule has 1 saturated heterocycles. The molecule has 122 valence electrons. The molecule has 0 unspecified atom stereocenters. The van der Waals surface area contributed by atoms with Crippen molar-refractivity contribution in [1.82, 2.24) is 0 Å². The number of amides is 2. The van der Waals surface area contributed by atoms with Crippen LogP contribution in [0.5, 0.6) is 0 Å². The molecule has 3 nitrogen and oxygen atoms in total. The van der Waals surface area contributed by atoms with Gasteiger partial charge in [0.15, 0.2) is 0 Å². The van der Waals surface area contributed by atoms with Crippen LogP contribution in [0.4, 0.5) is 5.69 Å². The van der Waals surface area contributed by atoms with E-state index in [-0.39, 0.29) is 23.7 Å². The van der Waals surface area contributed by atoms with Crippen LogP contribution in [0.15, 0.2) is 46.9 Å². The average molecular weight is 425 g/mol. The summed E-state index contributed by atoms with van der Waals surface area (Å²) in [7, 11) is 0. The lowest BCUT2D eigenvalue weighted by Gasteiger charge is -2.21. The highest BCUT2D eigenvalue weighted by atomic mass is 79.9. The predicted octanol–water partition coefficient (Wildman–Crippen LogP) is 5.05. The first-order valence-corrected chi connectivity index (χ1v) is 8.99. The zero-order valence-electron chi connectivity index (χ0n) is 12.6. The van der Waals surface area contributed by atoms with Gasteiger partial charge in [-0.05, 0) is 42.8 Å². The van der Waals surface area contributed by atoms with E-state index in [1.807, 2.05) is 31.2 Å². The Morgan fingerprint density at radius 2 is 1.58 bits per heavy atom. The molecule has 0 radical (unpaired) electrons. The minimum absolute atomic E-state index is 0.0727. The van der Waals surface area contributed by atoms with E-state index in [1.54, 1.807) is 18.2 Å². The maximum absolute atomic E-state index is 13.0. The van der Waals surface area contributed by atoms with Gasteiger partial charge in [-0.3, -0.25) is 9.59 Å². The summed E-state index contributed by atoms with van der Waals surface area (Å²) < 4.78 is 0.968. The number of piperidine rings is 1. The van der Waals surface area contributed by atoms with E-state index in [0.717, 1.165) is 10.0 Å². The first-order chi connectivity index (χ1) is 11.3. The van der Waals surface area contributed by atoms with Gasteiger partial charge >= 0.3 is 0 Å². The van der Waals surface area contributed by atoms with Crippen LogP contribution in [0.1, 0.15) is 18.4 Å². The van der Waals surface area contributed by atoms with E-state index in [1.165, 1.54) is 4.90 Å². The van der Waals surface area contributed by atoms with Crippen LogP contribution in [0.25, 0.3) is 0 Å². The van der Waals surface area contributed by atoms with Crippen molar-refractivity contribution in [3.05, 3.63) is 62.5 Å². The van der Waals surface area contributed by atoms with E-state index in [4.69, 9.17) is 23.2 Å². The monoisotopic (exact) mass is 423 g/mol. The number of imide groups is 1. The van der Waals surface area contributed by atoms with E-state index in [2.05, 4.69) is 15.9 Å². The third-order valence-corrected chi connectivity index (χ3v) is 5.97. The first-order valence-electron chi connectivity index (χ1n) is 7.44. The molecule has 1 aliphatic heterocycles. The number of rotatable bonds is 2. The lowest BCUT2D eigenvalue weighted by molar-refractivity contribution is -0.125. The van der Waals surface area contributed by atoms with Crippen molar-refractivity contribution in [2.75, 3.05) is 4.90 Å². The molecular formula is C18H12BrCl2NO2. The van der Waals surface area contributed by atoms with Gasteiger partial charge in [0.2, 0.25) is 11.8 Å². The summed E-state index contributed by atoms with van der Waals surface area (Å²) >= 11 is 15.4. The van der Waals surface area contributed by atoms with Crippen LogP contribution >= 0.6 is 39.1 Å². The Hall–Kier alpha value is -1.36. The van der Waals surface area contributed by atoms with Gasteiger partial charge < -0.3 is 0 Å². The Kier molecular flexibility index (Phi) is 3.57. The molecule has 2 fully saturated rings. The minimum atomic E-state index is -0.695. The molecule has 0 aromatic heterocycles. The maximum Gasteiger partial charge on any atom is 0.241 e. The zero-order valence-corrected chi connectivity index (χ0v) is 15.7. The highest BCUT2D eigenvalue weighted by Gasteiger charge is 2.76. The van der Waals surface area contributed by atoms with Gasteiger partial charge in [0.05, 0.1) is 17.0 Å². The van der Waals surface area contributed by atoms with Crippen molar-refractivity contribution in [2.24, 2.45) is 11.3 Å². The molecule has 0 bridgehead atoms. The Morgan fingerprint density at radius 3 is 2.08 bits per heavy atom. The second kappa shape index (κ2) is 5.32. The quantitative estimate of drug-likeness (QED) is 0.632. The summed E-state index contributed by atoms with van der Waals surface area (Å²) in [6, 6.07) is 12.5. The van der Waals surface area contributed by atoms with Gasteiger partial charge in [-0.25, -0.2) is 4.90 Å². The Balaban J connectivity index is 1.70. The zero-order chi connectivity index (χ0) is 17.2. The lowest BCUT2D eigenvalue weighted by Crippen LogP contribution is -2.36. The Bertz CT molecular complexity index is 863. The van der Waals surface area contributed by atoms with Crippen LogP contribution in [0, 0.1) is 11.3 Å². The van der Waals surface area contributed by atoms with Crippen LogP contribution in [-0.4, -0.2) is 11.8 Å². The van der Waals surface area contributed by atoms with E-state index in [0.29, 0.717) is 15.7 Å². The molecule has 3 atom stereocenters. The standard InChI is InChI=1S/C18H12BrCl2NO2/c1-18-14(9-2-4-10(19)5-3-9)15(18)16(23)22(17(18)24)13-7-11(20)6-12(21)8-13/h2-8,14-15H,1H3/t14-,15-,18-/m1/s1. The third-order valence-electron chi connectivity index (χ3n) is 5.00. The molecule has 2 aromatic carbocycles. The number of halogens is 3. The van der Waals surface area contributed by atoms with Gasteiger partial charge in [0.1, 0.15) is 0 Å². The molecule has 2 amide bonds. The summed E-state index contributed by atoms with van der Waals surface area (Å²) in [5, 5.41) is 0.793. The number of benzene rings is 2. The molecule has 2 aromatic rings. The fraction of sp³-hybridized carbons (Fsp3) is 0.222. The lowest BCUT2D eigenvalue weighted by atomic mass is 10.00. The van der Waals surface area contributed by atoms with Crippen molar-refractivity contribution in [2.45, 2.75) is 12.8 Å². The summed E-state index contributed by atoms with van der Waals surface area (Å²) in [6.45, 7) is 1.86. The summed E-state index contributed by atoms with van der Waals surface area (Å²) in [5.41, 5.74) is 0.751. The van der Waals surface area contributed by atoms with Crippen molar-refractivity contribution in [3.63, 3.8) is 0 Å². The second-order valence-electron chi connectivity index (χ2n) is 6.40. The normalized spacial score (nSPS) is 28.2. The van der Waals surface area contributed by atoms with Crippen molar-refractivity contribution in [1.29, 1.82) is 0 Å². The Labute approximate surface area is 157 Å². The molecule has 2 aliphatic rings. The van der Waals surface area contributed by atoms with Gasteiger partial charge in [0.25, 0.3) is 0 Å². The summed E-state index contributed by atoms with van der Waals surface area (Å²) in [5.74, 6) is -0.780. The van der Waals surface area contributed by atoms with E-state index in [9.17, 15) is 9.59 Å². The molecule has 6 heteroatoms. The fourth-order valence-electron chi connectivity index (χ4n) is 3.78. The third kappa shape index (κ3) is 2.17. The van der Waals surface area contributed by atoms with Crippen molar-refractivity contribution < 1.29 is 9.59 Å². The van der Waals surface area contributed by atoms with Crippen LogP contribution in [0.3, 0.4) is 0 Å². The van der Waals surface area contributed by atoms with Crippen molar-refractivity contribution >= 4 is 56.6 Å². The molecule has 1 aliphatic carbocycles. The smallest absolute Gasteiger partial charge is 0.241 e. The Morgan fingerprint density at radius 1 is 1.00 bits per heavy atom. The largest absolute Gasteiger partial charge is 0.274 e. The number of nitrogens with zero attached hydrogens (tertiary/aromatic N) is 1. The molecule has 4 rings (SSSR count). The van der Waals surface area contributed by atoms with Gasteiger partial charge in [-0.15, -0.1) is 0 Å². The number of carbonyl (C=O) groups is 2. The molecule has 0 N–H and O–H groups in total. The number of anilines is 1. The SMILES string of the molecule is C[C@]12C(=O)N(c3cc(Cl)cc(Cl)c3)C(=O)[C@H]1[C@H]2c1ccc(Br)cc1.